The van der Waals surface area contributed by atoms with Gasteiger partial charge in [0, 0.05) is 6.07 Å². The zero-order valence-electron chi connectivity index (χ0n) is 14.8. The molecule has 2 aromatic carbocycles. The second kappa shape index (κ2) is 6.89. The minimum atomic E-state index is 0.0972. The molecule has 130 valence electrons. The molecule has 1 aromatic heterocycles. The van der Waals surface area contributed by atoms with E-state index in [1.165, 1.54) is 0 Å². The number of methoxy groups -OCH3 is 2. The maximum Gasteiger partial charge on any atom is 0.178 e. The van der Waals surface area contributed by atoms with Crippen LogP contribution < -0.4 is 9.47 Å². The van der Waals surface area contributed by atoms with Crippen LogP contribution in [0.4, 0.5) is 0 Å². The Kier molecular flexibility index (Phi) is 4.65. The van der Waals surface area contributed by atoms with Gasteiger partial charge in [0.1, 0.15) is 17.2 Å². The molecule has 0 aliphatic heterocycles. The van der Waals surface area contributed by atoms with Gasteiger partial charge in [-0.15, -0.1) is 0 Å². The second-order valence-corrected chi connectivity index (χ2v) is 5.74. The van der Waals surface area contributed by atoms with Crippen LogP contribution in [0.5, 0.6) is 17.2 Å². The summed E-state index contributed by atoms with van der Waals surface area (Å²) in [4.78, 5) is 0. The molecule has 0 amide bonds. The molecule has 1 N–H and O–H groups in total. The molecule has 0 bridgehead atoms. The van der Waals surface area contributed by atoms with Crippen molar-refractivity contribution in [2.24, 2.45) is 0 Å². The van der Waals surface area contributed by atoms with Gasteiger partial charge in [0.05, 0.1) is 31.0 Å². The van der Waals surface area contributed by atoms with Crippen molar-refractivity contribution in [1.82, 2.24) is 5.16 Å². The maximum absolute atomic E-state index is 10.5. The van der Waals surface area contributed by atoms with E-state index in [2.05, 4.69) is 5.16 Å². The molecule has 3 rings (SSSR count). The molecule has 0 fully saturated rings. The number of hydrogen-bond donors (Lipinski definition) is 1. The lowest BCUT2D eigenvalue weighted by Gasteiger charge is -2.11. The van der Waals surface area contributed by atoms with Crippen LogP contribution >= 0.6 is 0 Å². The first kappa shape index (κ1) is 16.9. The van der Waals surface area contributed by atoms with Gasteiger partial charge in [-0.1, -0.05) is 24.2 Å². The van der Waals surface area contributed by atoms with E-state index in [0.29, 0.717) is 17.1 Å². The van der Waals surface area contributed by atoms with Crippen molar-refractivity contribution in [2.75, 3.05) is 14.2 Å². The smallest absolute Gasteiger partial charge is 0.178 e. The Morgan fingerprint density at radius 1 is 1.08 bits per heavy atom. The monoisotopic (exact) mass is 339 g/mol. The van der Waals surface area contributed by atoms with Crippen molar-refractivity contribution in [1.29, 1.82) is 0 Å². The minimum Gasteiger partial charge on any atom is -0.507 e. The van der Waals surface area contributed by atoms with E-state index in [-0.39, 0.29) is 5.75 Å². The third kappa shape index (κ3) is 3.05. The first-order valence-corrected chi connectivity index (χ1v) is 8.10. The summed E-state index contributed by atoms with van der Waals surface area (Å²) in [6.45, 7) is 3.92. The van der Waals surface area contributed by atoms with E-state index in [4.69, 9.17) is 14.0 Å². The summed E-state index contributed by atoms with van der Waals surface area (Å²) >= 11 is 0. The number of phenols is 1. The molecule has 1 heterocycles. The quantitative estimate of drug-likeness (QED) is 0.736. The van der Waals surface area contributed by atoms with Gasteiger partial charge < -0.3 is 19.1 Å². The molecule has 0 atom stereocenters. The van der Waals surface area contributed by atoms with Crippen LogP contribution in [-0.4, -0.2) is 24.5 Å². The van der Waals surface area contributed by atoms with Gasteiger partial charge in [-0.3, -0.25) is 0 Å². The summed E-state index contributed by atoms with van der Waals surface area (Å²) in [6, 6.07) is 11.2. The van der Waals surface area contributed by atoms with Crippen molar-refractivity contribution in [3.05, 3.63) is 47.7 Å². The number of ether oxygens (including phenoxy) is 2. The van der Waals surface area contributed by atoms with Gasteiger partial charge in [0.15, 0.2) is 5.76 Å². The number of benzene rings is 2. The summed E-state index contributed by atoms with van der Waals surface area (Å²) in [5.74, 6) is 2.07. The summed E-state index contributed by atoms with van der Waals surface area (Å²) in [5.41, 5.74) is 4.15. The van der Waals surface area contributed by atoms with Gasteiger partial charge in [-0.2, -0.15) is 0 Å². The molecule has 0 aliphatic rings. The van der Waals surface area contributed by atoms with Crippen molar-refractivity contribution in [2.45, 2.75) is 20.3 Å². The van der Waals surface area contributed by atoms with E-state index in [1.807, 2.05) is 44.2 Å². The standard InChI is InChI=1S/C20H21NO4/c1-5-13-10-16(17(22)11-18(13)24-4)20-19(12(2)21-25-20)14-6-8-15(23-3)9-7-14/h6-11,22H,5H2,1-4H3. The fourth-order valence-corrected chi connectivity index (χ4v) is 2.91. The van der Waals surface area contributed by atoms with Gasteiger partial charge in [-0.25, -0.2) is 0 Å². The second-order valence-electron chi connectivity index (χ2n) is 5.74. The number of aryl methyl sites for hydroxylation is 2. The van der Waals surface area contributed by atoms with E-state index < -0.39 is 0 Å². The van der Waals surface area contributed by atoms with Crippen molar-refractivity contribution in [3.8, 4) is 39.7 Å². The molecule has 0 unspecified atom stereocenters. The first-order chi connectivity index (χ1) is 12.1. The largest absolute Gasteiger partial charge is 0.507 e. The molecular formula is C20H21NO4. The summed E-state index contributed by atoms with van der Waals surface area (Å²) in [6.07, 6.45) is 0.779. The number of rotatable bonds is 5. The normalized spacial score (nSPS) is 10.7. The highest BCUT2D eigenvalue weighted by Gasteiger charge is 2.21. The Labute approximate surface area is 146 Å². The Hall–Kier alpha value is -2.95. The molecule has 3 aromatic rings. The molecule has 0 radical (unpaired) electrons. The summed E-state index contributed by atoms with van der Waals surface area (Å²) in [5, 5.41) is 14.6. The van der Waals surface area contributed by atoms with Crippen LogP contribution in [0.25, 0.3) is 22.5 Å². The molecule has 0 saturated heterocycles. The van der Waals surface area contributed by atoms with Gasteiger partial charge >= 0.3 is 0 Å². The summed E-state index contributed by atoms with van der Waals surface area (Å²) in [7, 11) is 3.22. The molecule has 25 heavy (non-hydrogen) atoms. The van der Waals surface area contributed by atoms with Crippen LogP contribution in [0.1, 0.15) is 18.2 Å². The van der Waals surface area contributed by atoms with Crippen molar-refractivity contribution < 1.29 is 19.1 Å². The van der Waals surface area contributed by atoms with E-state index >= 15 is 0 Å². The van der Waals surface area contributed by atoms with Crippen LogP contribution in [0.15, 0.2) is 40.9 Å². The van der Waals surface area contributed by atoms with Crippen LogP contribution in [0.3, 0.4) is 0 Å². The van der Waals surface area contributed by atoms with Gasteiger partial charge in [0.25, 0.3) is 0 Å². The third-order valence-electron chi connectivity index (χ3n) is 4.27. The number of aromatic nitrogens is 1. The lowest BCUT2D eigenvalue weighted by Crippen LogP contribution is -1.92. The Balaban J connectivity index is 2.16. The minimum absolute atomic E-state index is 0.0972. The number of phenolic OH excluding ortho intramolecular Hbond substituents is 1. The average Bonchev–Trinajstić information content (AvgIpc) is 3.02. The Bertz CT molecular complexity index is 881. The molecular weight excluding hydrogens is 318 g/mol. The van der Waals surface area contributed by atoms with Crippen molar-refractivity contribution in [3.63, 3.8) is 0 Å². The Morgan fingerprint density at radius 3 is 2.40 bits per heavy atom. The SMILES string of the molecule is CCc1cc(-c2onc(C)c2-c2ccc(OC)cc2)c(O)cc1OC. The molecule has 5 nitrogen and oxygen atoms in total. The van der Waals surface area contributed by atoms with Crippen molar-refractivity contribution >= 4 is 0 Å². The maximum atomic E-state index is 10.5. The number of aromatic hydroxyl groups is 1. The number of nitrogens with zero attached hydrogens (tertiary/aromatic N) is 1. The molecule has 0 saturated carbocycles. The fourth-order valence-electron chi connectivity index (χ4n) is 2.91. The zero-order chi connectivity index (χ0) is 18.0. The predicted octanol–water partition coefficient (Wildman–Crippen LogP) is 4.60. The lowest BCUT2D eigenvalue weighted by molar-refractivity contribution is 0.401. The van der Waals surface area contributed by atoms with Crippen LogP contribution in [0, 0.1) is 6.92 Å². The molecule has 0 aliphatic carbocycles. The topological polar surface area (TPSA) is 64.7 Å². The highest BCUT2D eigenvalue weighted by molar-refractivity contribution is 5.84. The first-order valence-electron chi connectivity index (χ1n) is 8.10. The van der Waals surface area contributed by atoms with Crippen LogP contribution in [-0.2, 0) is 6.42 Å². The predicted molar refractivity (Wildman–Crippen MR) is 96.3 cm³/mol. The highest BCUT2D eigenvalue weighted by Crippen LogP contribution is 2.41. The van der Waals surface area contributed by atoms with Crippen LogP contribution in [0.2, 0.25) is 0 Å². The third-order valence-corrected chi connectivity index (χ3v) is 4.27. The fraction of sp³-hybridized carbons (Fsp3) is 0.250. The van der Waals surface area contributed by atoms with E-state index in [9.17, 15) is 5.11 Å². The van der Waals surface area contributed by atoms with Gasteiger partial charge in [0.2, 0.25) is 0 Å². The molecule has 5 heteroatoms. The summed E-state index contributed by atoms with van der Waals surface area (Å²) < 4.78 is 16.1. The van der Waals surface area contributed by atoms with E-state index in [1.54, 1.807) is 20.3 Å². The van der Waals surface area contributed by atoms with E-state index in [0.717, 1.165) is 34.6 Å². The Morgan fingerprint density at radius 2 is 1.80 bits per heavy atom. The number of hydrogen-bond acceptors (Lipinski definition) is 5. The van der Waals surface area contributed by atoms with Gasteiger partial charge in [-0.05, 0) is 42.7 Å². The highest BCUT2D eigenvalue weighted by atomic mass is 16.5. The zero-order valence-corrected chi connectivity index (χ0v) is 14.8. The average molecular weight is 339 g/mol. The lowest BCUT2D eigenvalue weighted by atomic mass is 9.97. The molecule has 0 spiro atoms.